The first kappa shape index (κ1) is 34.6. The van der Waals surface area contributed by atoms with E-state index in [2.05, 4.69) is 55.8 Å². The molecule has 1 aliphatic rings. The molecule has 1 atom stereocenters. The van der Waals surface area contributed by atoms with Gasteiger partial charge in [0.05, 0.1) is 22.6 Å². The molecule has 10 heteroatoms. The predicted octanol–water partition coefficient (Wildman–Crippen LogP) is 8.86. The normalized spacial score (nSPS) is 16.1. The van der Waals surface area contributed by atoms with Crippen LogP contribution in [0, 0.1) is 10.8 Å². The maximum absolute atomic E-state index is 13.7. The first-order chi connectivity index (χ1) is 22.4. The summed E-state index contributed by atoms with van der Waals surface area (Å²) in [7, 11) is -1.70. The first-order valence-electron chi connectivity index (χ1n) is 16.4. The number of rotatable bonds is 7. The standard InChI is InChI=1S/C37H46N4O4S2/c1-36(2,3)21-23-45-28-17-12-16-27(24-28)33-32-29-18-10-9-15-26(29)14-8-6-7-11-22-41(25-37(4,5)34(42)43)30-19-13-20-31(38-30)47(44)40-35(39-32)46-33/h9-10,12-13,15-20,24H,6-8,11,14,21-23,25H2,1-5H3,(H,39,40)(H,42,43). The number of carbonyl (C=O) groups is 1. The Labute approximate surface area is 285 Å². The van der Waals surface area contributed by atoms with Gasteiger partial charge in [0.2, 0.25) is 0 Å². The van der Waals surface area contributed by atoms with Crippen LogP contribution in [0.4, 0.5) is 10.9 Å². The van der Waals surface area contributed by atoms with Crippen LogP contribution in [0.25, 0.3) is 21.7 Å². The molecule has 5 rings (SSSR count). The molecule has 4 bridgehead atoms. The Morgan fingerprint density at radius 3 is 2.53 bits per heavy atom. The van der Waals surface area contributed by atoms with E-state index in [9.17, 15) is 14.1 Å². The Kier molecular flexibility index (Phi) is 11.0. The second-order valence-electron chi connectivity index (χ2n) is 14.0. The van der Waals surface area contributed by atoms with Crippen molar-refractivity contribution in [2.24, 2.45) is 10.8 Å². The SMILES string of the molecule is CC(C)(C)CCOc1cccc(-c2sc3nc2-c2ccccc2CCCCCCN(CC(C)(C)C(=O)O)c2cccc(n2)S(=O)N3)c1. The third kappa shape index (κ3) is 9.20. The van der Waals surface area contributed by atoms with Gasteiger partial charge >= 0.3 is 5.97 Å². The summed E-state index contributed by atoms with van der Waals surface area (Å²) in [4.78, 5) is 24.8. The number of thiazole rings is 1. The molecule has 0 radical (unpaired) electrons. The lowest BCUT2D eigenvalue weighted by atomic mass is 9.93. The highest BCUT2D eigenvalue weighted by Gasteiger charge is 2.30. The zero-order valence-corrected chi connectivity index (χ0v) is 29.7. The van der Waals surface area contributed by atoms with E-state index < -0.39 is 22.4 Å². The summed E-state index contributed by atoms with van der Waals surface area (Å²) in [5.41, 5.74) is 3.36. The Morgan fingerprint density at radius 2 is 1.74 bits per heavy atom. The van der Waals surface area contributed by atoms with Crippen LogP contribution in [0.15, 0.2) is 71.8 Å². The highest BCUT2D eigenvalue weighted by atomic mass is 32.2. The van der Waals surface area contributed by atoms with E-state index in [0.717, 1.165) is 66.0 Å². The molecular formula is C37H46N4O4S2. The average molecular weight is 675 g/mol. The van der Waals surface area contributed by atoms with Crippen molar-refractivity contribution in [2.75, 3.05) is 29.3 Å². The molecule has 0 amide bonds. The number of aliphatic carboxylic acids is 1. The maximum Gasteiger partial charge on any atom is 0.310 e. The fourth-order valence-electron chi connectivity index (χ4n) is 5.52. The van der Waals surface area contributed by atoms with Gasteiger partial charge in [-0.1, -0.05) is 87.4 Å². The number of fused-ring (bicyclic) bond motifs is 6. The zero-order valence-electron chi connectivity index (χ0n) is 28.0. The molecule has 0 aliphatic carbocycles. The van der Waals surface area contributed by atoms with Gasteiger partial charge in [-0.2, -0.15) is 0 Å². The molecule has 0 spiro atoms. The van der Waals surface area contributed by atoms with Crippen LogP contribution in [-0.4, -0.2) is 44.9 Å². The summed E-state index contributed by atoms with van der Waals surface area (Å²) in [5.74, 6) is 0.564. The quantitative estimate of drug-likeness (QED) is 0.202. The van der Waals surface area contributed by atoms with Crippen molar-refractivity contribution >= 4 is 39.2 Å². The van der Waals surface area contributed by atoms with Crippen LogP contribution in [0.5, 0.6) is 5.75 Å². The summed E-state index contributed by atoms with van der Waals surface area (Å²) in [5, 5.41) is 10.7. The molecule has 1 unspecified atom stereocenters. The molecule has 2 N–H and O–H groups in total. The van der Waals surface area contributed by atoms with E-state index in [1.165, 1.54) is 16.9 Å². The Balaban J connectivity index is 1.52. The highest BCUT2D eigenvalue weighted by Crippen LogP contribution is 2.42. The minimum atomic E-state index is -1.70. The van der Waals surface area contributed by atoms with Crippen LogP contribution in [0.1, 0.15) is 72.3 Å². The number of nitrogens with one attached hydrogen (secondary N) is 1. The molecule has 2 aromatic heterocycles. The second-order valence-corrected chi connectivity index (χ2v) is 16.2. The number of aryl methyl sites for hydroxylation is 1. The fourth-order valence-corrected chi connectivity index (χ4v) is 7.43. The van der Waals surface area contributed by atoms with Gasteiger partial charge in [-0.15, -0.1) is 0 Å². The number of hydrogen-bond acceptors (Lipinski definition) is 7. The van der Waals surface area contributed by atoms with Gasteiger partial charge in [0.25, 0.3) is 0 Å². The first-order valence-corrected chi connectivity index (χ1v) is 18.3. The van der Waals surface area contributed by atoms with Crippen LogP contribution in [0.3, 0.4) is 0 Å². The van der Waals surface area contributed by atoms with Crippen molar-refractivity contribution in [1.82, 2.24) is 9.97 Å². The monoisotopic (exact) mass is 674 g/mol. The number of aromatic nitrogens is 2. The number of carboxylic acids is 1. The van der Waals surface area contributed by atoms with Gasteiger partial charge in [-0.3, -0.25) is 9.52 Å². The van der Waals surface area contributed by atoms with Crippen molar-refractivity contribution in [3.05, 3.63) is 72.3 Å². The molecule has 3 heterocycles. The average Bonchev–Trinajstić information content (AvgIpc) is 3.45. The summed E-state index contributed by atoms with van der Waals surface area (Å²) in [6.45, 7) is 11.7. The molecule has 0 fully saturated rings. The van der Waals surface area contributed by atoms with Crippen LogP contribution >= 0.6 is 11.3 Å². The molecule has 4 aromatic rings. The Hall–Kier alpha value is -3.76. The van der Waals surface area contributed by atoms with Gasteiger partial charge in [0.15, 0.2) is 21.1 Å². The number of ether oxygens (including phenoxy) is 1. The lowest BCUT2D eigenvalue weighted by Gasteiger charge is -2.31. The largest absolute Gasteiger partial charge is 0.494 e. The lowest BCUT2D eigenvalue weighted by molar-refractivity contribution is -0.146. The molecule has 1 aliphatic heterocycles. The maximum atomic E-state index is 13.7. The van der Waals surface area contributed by atoms with E-state index in [-0.39, 0.29) is 5.41 Å². The van der Waals surface area contributed by atoms with Crippen molar-refractivity contribution in [3.63, 3.8) is 0 Å². The van der Waals surface area contributed by atoms with E-state index >= 15 is 0 Å². The molecule has 47 heavy (non-hydrogen) atoms. The minimum absolute atomic E-state index is 0.183. The van der Waals surface area contributed by atoms with E-state index in [1.54, 1.807) is 19.9 Å². The molecular weight excluding hydrogens is 629 g/mol. The van der Waals surface area contributed by atoms with Crippen LogP contribution < -0.4 is 14.4 Å². The smallest absolute Gasteiger partial charge is 0.310 e. The van der Waals surface area contributed by atoms with Gasteiger partial charge < -0.3 is 14.7 Å². The topological polar surface area (TPSA) is 105 Å². The van der Waals surface area contributed by atoms with Gasteiger partial charge in [0.1, 0.15) is 11.6 Å². The van der Waals surface area contributed by atoms with Crippen molar-refractivity contribution in [1.29, 1.82) is 0 Å². The van der Waals surface area contributed by atoms with E-state index in [1.807, 2.05) is 35.2 Å². The summed E-state index contributed by atoms with van der Waals surface area (Å²) in [6, 6.07) is 22.0. The molecule has 0 saturated carbocycles. The van der Waals surface area contributed by atoms with Crippen molar-refractivity contribution < 1.29 is 18.8 Å². The van der Waals surface area contributed by atoms with Crippen LogP contribution in [0.2, 0.25) is 0 Å². The van der Waals surface area contributed by atoms with E-state index in [4.69, 9.17) is 14.7 Å². The van der Waals surface area contributed by atoms with Gasteiger partial charge in [-0.25, -0.2) is 14.2 Å². The predicted molar refractivity (Wildman–Crippen MR) is 193 cm³/mol. The summed E-state index contributed by atoms with van der Waals surface area (Å²) >= 11 is 1.46. The Morgan fingerprint density at radius 1 is 0.979 bits per heavy atom. The van der Waals surface area contributed by atoms with Gasteiger partial charge in [0, 0.05) is 18.7 Å². The number of pyridine rings is 1. The van der Waals surface area contributed by atoms with Gasteiger partial charge in [-0.05, 0) is 80.3 Å². The lowest BCUT2D eigenvalue weighted by Crippen LogP contribution is -2.40. The summed E-state index contributed by atoms with van der Waals surface area (Å²) < 4.78 is 23.0. The zero-order chi connectivity index (χ0) is 33.6. The second kappa shape index (κ2) is 15.0. The molecule has 8 nitrogen and oxygen atoms in total. The fraction of sp³-hybridized carbons (Fsp3) is 0.432. The molecule has 0 saturated heterocycles. The summed E-state index contributed by atoms with van der Waals surface area (Å²) in [6.07, 6.45) is 5.84. The number of hydrogen-bond donors (Lipinski definition) is 2. The number of nitrogens with zero attached hydrogens (tertiary/aromatic N) is 3. The molecule has 250 valence electrons. The Bertz CT molecular complexity index is 1710. The number of anilines is 2. The molecule has 2 aromatic carbocycles. The van der Waals surface area contributed by atoms with Crippen molar-refractivity contribution in [2.45, 2.75) is 78.2 Å². The number of carboxylic acid groups (broad SMARTS) is 1. The number of benzene rings is 2. The minimum Gasteiger partial charge on any atom is -0.494 e. The third-order valence-electron chi connectivity index (χ3n) is 8.31. The third-order valence-corrected chi connectivity index (χ3v) is 10.4. The van der Waals surface area contributed by atoms with E-state index in [0.29, 0.717) is 35.7 Å². The highest BCUT2D eigenvalue weighted by molar-refractivity contribution is 7.86. The van der Waals surface area contributed by atoms with Crippen LogP contribution in [-0.2, 0) is 22.2 Å². The van der Waals surface area contributed by atoms with Crippen molar-refractivity contribution in [3.8, 4) is 27.4 Å².